The standard InChI is InChI=1S/C17H12ClF4N3O5/c18-10-5-8(30-17(20,21)22)1-2-11(10)24-14-9(16(27)25-29-4-3-26)6-12-15(13(14)19)23-7-28-12/h1-2,5-7,24,26H,3-4H2,(H,25,27). The van der Waals surface area contributed by atoms with Crippen LogP contribution in [0.3, 0.4) is 0 Å². The highest BCUT2D eigenvalue weighted by molar-refractivity contribution is 6.33. The number of anilines is 2. The Kier molecular flexibility index (Phi) is 6.29. The van der Waals surface area contributed by atoms with E-state index < -0.39 is 23.8 Å². The first-order chi connectivity index (χ1) is 14.2. The molecule has 1 heterocycles. The van der Waals surface area contributed by atoms with Crippen LogP contribution in [0.2, 0.25) is 5.02 Å². The first-order valence-corrected chi connectivity index (χ1v) is 8.48. The highest BCUT2D eigenvalue weighted by Crippen LogP contribution is 2.35. The summed E-state index contributed by atoms with van der Waals surface area (Å²) in [7, 11) is 0. The lowest BCUT2D eigenvalue weighted by atomic mass is 10.1. The maximum Gasteiger partial charge on any atom is 0.573 e. The Morgan fingerprint density at radius 1 is 1.30 bits per heavy atom. The Morgan fingerprint density at radius 2 is 2.07 bits per heavy atom. The fourth-order valence-electron chi connectivity index (χ4n) is 2.41. The molecule has 2 aromatic carbocycles. The van der Waals surface area contributed by atoms with Crippen LogP contribution in [0, 0.1) is 5.82 Å². The van der Waals surface area contributed by atoms with Crippen LogP contribution in [-0.4, -0.2) is 35.6 Å². The van der Waals surface area contributed by atoms with Gasteiger partial charge in [-0.05, 0) is 18.2 Å². The number of carbonyl (C=O) groups excluding carboxylic acids is 1. The second kappa shape index (κ2) is 8.73. The number of amides is 1. The molecule has 0 aliphatic rings. The number of rotatable bonds is 7. The van der Waals surface area contributed by atoms with E-state index in [4.69, 9.17) is 26.0 Å². The van der Waals surface area contributed by atoms with E-state index in [-0.39, 0.29) is 46.3 Å². The number of hydrogen-bond acceptors (Lipinski definition) is 7. The van der Waals surface area contributed by atoms with E-state index in [1.165, 1.54) is 6.07 Å². The van der Waals surface area contributed by atoms with E-state index in [1.807, 2.05) is 5.48 Å². The third-order valence-corrected chi connectivity index (χ3v) is 3.92. The van der Waals surface area contributed by atoms with E-state index in [9.17, 15) is 22.4 Å². The van der Waals surface area contributed by atoms with Crippen molar-refractivity contribution in [3.8, 4) is 5.75 Å². The number of aliphatic hydroxyl groups excluding tert-OH is 1. The average molecular weight is 450 g/mol. The molecule has 0 atom stereocenters. The third kappa shape index (κ3) is 4.90. The normalized spacial score (nSPS) is 11.5. The number of hydroxylamine groups is 1. The molecule has 3 rings (SSSR count). The van der Waals surface area contributed by atoms with Crippen LogP contribution in [0.25, 0.3) is 11.1 Å². The van der Waals surface area contributed by atoms with Crippen LogP contribution >= 0.6 is 11.6 Å². The van der Waals surface area contributed by atoms with Crippen LogP contribution in [-0.2, 0) is 4.84 Å². The predicted octanol–water partition coefficient (Wildman–Crippen LogP) is 3.92. The molecule has 0 saturated carbocycles. The minimum absolute atomic E-state index is 0.0155. The maximum absolute atomic E-state index is 15.0. The van der Waals surface area contributed by atoms with Gasteiger partial charge in [-0.25, -0.2) is 14.9 Å². The van der Waals surface area contributed by atoms with Crippen LogP contribution in [0.15, 0.2) is 35.1 Å². The van der Waals surface area contributed by atoms with Gasteiger partial charge in [0.1, 0.15) is 11.3 Å². The van der Waals surface area contributed by atoms with Gasteiger partial charge in [0.25, 0.3) is 5.91 Å². The molecule has 0 saturated heterocycles. The number of nitrogens with zero attached hydrogens (tertiary/aromatic N) is 1. The zero-order valence-corrected chi connectivity index (χ0v) is 15.5. The van der Waals surface area contributed by atoms with E-state index >= 15 is 0 Å². The van der Waals surface area contributed by atoms with Gasteiger partial charge in [0.15, 0.2) is 17.8 Å². The second-order valence-corrected chi connectivity index (χ2v) is 6.04. The summed E-state index contributed by atoms with van der Waals surface area (Å²) in [5, 5.41) is 11.0. The predicted molar refractivity (Wildman–Crippen MR) is 95.9 cm³/mol. The molecule has 0 fully saturated rings. The van der Waals surface area contributed by atoms with Crippen LogP contribution in [0.5, 0.6) is 5.75 Å². The van der Waals surface area contributed by atoms with Crippen molar-refractivity contribution in [2.75, 3.05) is 18.5 Å². The molecule has 0 aliphatic carbocycles. The fraction of sp³-hybridized carbons (Fsp3) is 0.176. The molecule has 3 N–H and O–H groups in total. The summed E-state index contributed by atoms with van der Waals surface area (Å²) in [5.74, 6) is -2.45. The van der Waals surface area contributed by atoms with E-state index in [0.717, 1.165) is 24.6 Å². The Hall–Kier alpha value is -3.09. The fourth-order valence-corrected chi connectivity index (χ4v) is 2.63. The molecule has 0 radical (unpaired) electrons. The number of ether oxygens (including phenoxy) is 1. The summed E-state index contributed by atoms with van der Waals surface area (Å²) < 4.78 is 60.8. The molecule has 13 heteroatoms. The van der Waals surface area contributed by atoms with Crippen molar-refractivity contribution in [2.45, 2.75) is 6.36 Å². The summed E-state index contributed by atoms with van der Waals surface area (Å²) in [6, 6.07) is 4.12. The van der Waals surface area contributed by atoms with Crippen molar-refractivity contribution in [3.05, 3.63) is 47.1 Å². The van der Waals surface area contributed by atoms with E-state index in [1.54, 1.807) is 0 Å². The SMILES string of the molecule is O=C(NOCCO)c1cc2ocnc2c(F)c1Nc1ccc(OC(F)(F)F)cc1Cl. The lowest BCUT2D eigenvalue weighted by molar-refractivity contribution is -0.274. The van der Waals surface area contributed by atoms with Gasteiger partial charge in [-0.1, -0.05) is 11.6 Å². The summed E-state index contributed by atoms with van der Waals surface area (Å²) in [6.45, 7) is -0.586. The molecule has 1 amide bonds. The Bertz CT molecular complexity index is 1070. The van der Waals surface area contributed by atoms with Gasteiger partial charge in [-0.15, -0.1) is 13.2 Å². The monoisotopic (exact) mass is 449 g/mol. The number of nitrogens with one attached hydrogen (secondary N) is 2. The number of fused-ring (bicyclic) bond motifs is 1. The smallest absolute Gasteiger partial charge is 0.443 e. The van der Waals surface area contributed by atoms with Gasteiger partial charge < -0.3 is 19.6 Å². The molecule has 0 aliphatic heterocycles. The molecule has 160 valence electrons. The molecule has 30 heavy (non-hydrogen) atoms. The first kappa shape index (κ1) is 21.6. The summed E-state index contributed by atoms with van der Waals surface area (Å²) in [6.07, 6.45) is -3.94. The Labute approximate surface area is 170 Å². The number of alkyl halides is 3. The lowest BCUT2D eigenvalue weighted by Gasteiger charge is -2.15. The van der Waals surface area contributed by atoms with Crippen molar-refractivity contribution in [1.82, 2.24) is 10.5 Å². The quantitative estimate of drug-likeness (QED) is 0.285. The van der Waals surface area contributed by atoms with Crippen molar-refractivity contribution in [1.29, 1.82) is 0 Å². The van der Waals surface area contributed by atoms with Crippen LogP contribution in [0.4, 0.5) is 28.9 Å². The van der Waals surface area contributed by atoms with Gasteiger partial charge in [-0.3, -0.25) is 9.63 Å². The molecular formula is C17H12ClF4N3O5. The number of carbonyl (C=O) groups is 1. The van der Waals surface area contributed by atoms with Gasteiger partial charge >= 0.3 is 6.36 Å². The lowest BCUT2D eigenvalue weighted by Crippen LogP contribution is -2.26. The number of benzene rings is 2. The zero-order valence-electron chi connectivity index (χ0n) is 14.7. The number of aromatic nitrogens is 1. The van der Waals surface area contributed by atoms with Crippen molar-refractivity contribution >= 4 is 40.0 Å². The molecule has 0 bridgehead atoms. The van der Waals surface area contributed by atoms with Crippen molar-refractivity contribution < 1.29 is 41.5 Å². The summed E-state index contributed by atoms with van der Waals surface area (Å²) in [4.78, 5) is 20.8. The number of oxazole rings is 1. The van der Waals surface area contributed by atoms with Gasteiger partial charge in [0.05, 0.1) is 35.2 Å². The maximum atomic E-state index is 15.0. The molecule has 1 aromatic heterocycles. The Balaban J connectivity index is 1.97. The van der Waals surface area contributed by atoms with Crippen molar-refractivity contribution in [3.63, 3.8) is 0 Å². The third-order valence-electron chi connectivity index (χ3n) is 3.60. The van der Waals surface area contributed by atoms with Gasteiger partial charge in [0, 0.05) is 6.07 Å². The molecule has 0 spiro atoms. The minimum Gasteiger partial charge on any atom is -0.443 e. The second-order valence-electron chi connectivity index (χ2n) is 5.63. The molecule has 8 nitrogen and oxygen atoms in total. The molecule has 0 unspecified atom stereocenters. The number of aliphatic hydroxyl groups is 1. The summed E-state index contributed by atoms with van der Waals surface area (Å²) in [5.41, 5.74) is 1.11. The highest BCUT2D eigenvalue weighted by Gasteiger charge is 2.31. The van der Waals surface area contributed by atoms with Gasteiger partial charge in [0.2, 0.25) is 0 Å². The molecular weight excluding hydrogens is 438 g/mol. The van der Waals surface area contributed by atoms with Crippen LogP contribution in [0.1, 0.15) is 10.4 Å². The highest BCUT2D eigenvalue weighted by atomic mass is 35.5. The van der Waals surface area contributed by atoms with E-state index in [2.05, 4.69) is 15.0 Å². The minimum atomic E-state index is -4.91. The Morgan fingerprint density at radius 3 is 2.73 bits per heavy atom. The topological polar surface area (TPSA) is 106 Å². The zero-order chi connectivity index (χ0) is 21.9. The first-order valence-electron chi connectivity index (χ1n) is 8.10. The van der Waals surface area contributed by atoms with Crippen molar-refractivity contribution in [2.24, 2.45) is 0 Å². The largest absolute Gasteiger partial charge is 0.573 e. The van der Waals surface area contributed by atoms with Crippen LogP contribution < -0.4 is 15.5 Å². The van der Waals surface area contributed by atoms with E-state index in [0.29, 0.717) is 0 Å². The molecule has 3 aromatic rings. The number of hydrogen-bond donors (Lipinski definition) is 3. The summed E-state index contributed by atoms with van der Waals surface area (Å²) >= 11 is 5.97. The van der Waals surface area contributed by atoms with Gasteiger partial charge in [-0.2, -0.15) is 0 Å². The number of halogens is 5. The average Bonchev–Trinajstić information content (AvgIpc) is 3.13.